The number of imidazole rings is 1. The second-order valence-electron chi connectivity index (χ2n) is 3.98. The van der Waals surface area contributed by atoms with Gasteiger partial charge >= 0.3 is 11.7 Å². The van der Waals surface area contributed by atoms with E-state index in [0.717, 1.165) is 5.69 Å². The van der Waals surface area contributed by atoms with Gasteiger partial charge in [-0.2, -0.15) is 0 Å². The second kappa shape index (κ2) is 4.50. The Bertz CT molecular complexity index is 625. The Morgan fingerprint density at radius 1 is 1.39 bits per heavy atom. The largest absolute Gasteiger partial charge is 0.480 e. The standard InChI is InChI=1S/C12H13N3O3/c1-7-6-14-12(18)15(7)9-4-2-8(3-5-9)10(13)11(16)17/h2-6,10H,13H2,1H3,(H,14,18)(H,16,17). The van der Waals surface area contributed by atoms with Gasteiger partial charge in [-0.15, -0.1) is 0 Å². The Labute approximate surface area is 103 Å². The van der Waals surface area contributed by atoms with Crippen molar-refractivity contribution < 1.29 is 9.90 Å². The topological polar surface area (TPSA) is 101 Å². The van der Waals surface area contributed by atoms with E-state index in [9.17, 15) is 9.59 Å². The van der Waals surface area contributed by atoms with Crippen LogP contribution in [0, 0.1) is 6.92 Å². The molecular weight excluding hydrogens is 234 g/mol. The van der Waals surface area contributed by atoms with Crippen molar-refractivity contribution >= 4 is 5.97 Å². The average molecular weight is 247 g/mol. The molecule has 0 fully saturated rings. The zero-order valence-electron chi connectivity index (χ0n) is 9.75. The van der Waals surface area contributed by atoms with Crippen molar-refractivity contribution in [2.45, 2.75) is 13.0 Å². The maximum Gasteiger partial charge on any atom is 0.330 e. The highest BCUT2D eigenvalue weighted by atomic mass is 16.4. The van der Waals surface area contributed by atoms with Crippen molar-refractivity contribution in [1.82, 2.24) is 9.55 Å². The van der Waals surface area contributed by atoms with E-state index in [1.807, 2.05) is 0 Å². The molecule has 0 spiro atoms. The molecule has 0 amide bonds. The molecule has 0 aliphatic rings. The first-order valence-corrected chi connectivity index (χ1v) is 5.36. The highest BCUT2D eigenvalue weighted by Crippen LogP contribution is 2.14. The Kier molecular flexibility index (Phi) is 3.03. The number of nitrogens with two attached hydrogens (primary N) is 1. The molecule has 2 aromatic rings. The Morgan fingerprint density at radius 3 is 2.44 bits per heavy atom. The number of aryl methyl sites for hydroxylation is 1. The van der Waals surface area contributed by atoms with Crippen LogP contribution in [0.3, 0.4) is 0 Å². The number of benzene rings is 1. The Morgan fingerprint density at radius 2 is 2.00 bits per heavy atom. The predicted molar refractivity (Wildman–Crippen MR) is 65.7 cm³/mol. The molecule has 1 unspecified atom stereocenters. The molecular formula is C12H13N3O3. The average Bonchev–Trinajstić information content (AvgIpc) is 2.68. The van der Waals surface area contributed by atoms with Crippen LogP contribution in [0.2, 0.25) is 0 Å². The van der Waals surface area contributed by atoms with Crippen LogP contribution in [0.15, 0.2) is 35.3 Å². The normalized spacial score (nSPS) is 12.3. The lowest BCUT2D eigenvalue weighted by atomic mass is 10.1. The van der Waals surface area contributed by atoms with Gasteiger partial charge in [-0.1, -0.05) is 12.1 Å². The van der Waals surface area contributed by atoms with Gasteiger partial charge in [0, 0.05) is 11.9 Å². The number of rotatable bonds is 3. The number of hydrogen-bond acceptors (Lipinski definition) is 3. The number of carboxylic acids is 1. The molecule has 1 atom stereocenters. The van der Waals surface area contributed by atoms with Crippen LogP contribution in [0.1, 0.15) is 17.3 Å². The van der Waals surface area contributed by atoms with E-state index >= 15 is 0 Å². The highest BCUT2D eigenvalue weighted by Gasteiger charge is 2.14. The summed E-state index contributed by atoms with van der Waals surface area (Å²) in [4.78, 5) is 24.9. The molecule has 0 aliphatic carbocycles. The number of carbonyl (C=O) groups is 1. The predicted octanol–water partition coefficient (Wildman–Crippen LogP) is 0.558. The molecule has 1 heterocycles. The number of aromatic nitrogens is 2. The second-order valence-corrected chi connectivity index (χ2v) is 3.98. The van der Waals surface area contributed by atoms with Crippen LogP contribution in [0.25, 0.3) is 5.69 Å². The molecule has 94 valence electrons. The van der Waals surface area contributed by atoms with E-state index in [-0.39, 0.29) is 5.69 Å². The van der Waals surface area contributed by atoms with Crippen molar-refractivity contribution in [2.24, 2.45) is 5.73 Å². The molecule has 0 radical (unpaired) electrons. The quantitative estimate of drug-likeness (QED) is 0.737. The van der Waals surface area contributed by atoms with Crippen molar-refractivity contribution in [3.63, 3.8) is 0 Å². The molecule has 6 heteroatoms. The van der Waals surface area contributed by atoms with Crippen LogP contribution in [0.4, 0.5) is 0 Å². The smallest absolute Gasteiger partial charge is 0.330 e. The first-order valence-electron chi connectivity index (χ1n) is 5.36. The fraction of sp³-hybridized carbons (Fsp3) is 0.167. The van der Waals surface area contributed by atoms with Crippen molar-refractivity contribution in [3.8, 4) is 5.69 Å². The summed E-state index contributed by atoms with van der Waals surface area (Å²) >= 11 is 0. The third-order valence-corrected chi connectivity index (χ3v) is 2.74. The molecule has 0 aliphatic heterocycles. The monoisotopic (exact) mass is 247 g/mol. The van der Waals surface area contributed by atoms with Gasteiger partial charge in [-0.3, -0.25) is 9.36 Å². The van der Waals surface area contributed by atoms with E-state index in [1.54, 1.807) is 37.4 Å². The van der Waals surface area contributed by atoms with Gasteiger partial charge < -0.3 is 15.8 Å². The zero-order valence-corrected chi connectivity index (χ0v) is 9.75. The fourth-order valence-electron chi connectivity index (χ4n) is 1.75. The minimum atomic E-state index is -1.09. The van der Waals surface area contributed by atoms with E-state index in [0.29, 0.717) is 11.3 Å². The van der Waals surface area contributed by atoms with E-state index in [2.05, 4.69) is 4.98 Å². The third-order valence-electron chi connectivity index (χ3n) is 2.74. The lowest BCUT2D eigenvalue weighted by molar-refractivity contribution is -0.138. The lowest BCUT2D eigenvalue weighted by Gasteiger charge is -2.08. The molecule has 6 nitrogen and oxygen atoms in total. The van der Waals surface area contributed by atoms with Gasteiger partial charge in [0.1, 0.15) is 6.04 Å². The van der Waals surface area contributed by atoms with Crippen LogP contribution < -0.4 is 11.4 Å². The molecule has 0 bridgehead atoms. The number of nitrogens with zero attached hydrogens (tertiary/aromatic N) is 1. The number of aliphatic carboxylic acids is 1. The number of nitrogens with one attached hydrogen (secondary N) is 1. The Balaban J connectivity index is 2.40. The van der Waals surface area contributed by atoms with Gasteiger partial charge in [0.25, 0.3) is 0 Å². The van der Waals surface area contributed by atoms with Gasteiger partial charge in [-0.05, 0) is 24.6 Å². The van der Waals surface area contributed by atoms with Crippen molar-refractivity contribution in [1.29, 1.82) is 0 Å². The summed E-state index contributed by atoms with van der Waals surface area (Å²) in [5, 5.41) is 8.79. The van der Waals surface area contributed by atoms with Gasteiger partial charge in [0.2, 0.25) is 0 Å². The minimum Gasteiger partial charge on any atom is -0.480 e. The van der Waals surface area contributed by atoms with E-state index in [4.69, 9.17) is 10.8 Å². The maximum atomic E-state index is 11.6. The fourth-order valence-corrected chi connectivity index (χ4v) is 1.75. The summed E-state index contributed by atoms with van der Waals surface area (Å²) in [5.41, 5.74) is 7.19. The summed E-state index contributed by atoms with van der Waals surface area (Å²) in [5.74, 6) is -1.09. The summed E-state index contributed by atoms with van der Waals surface area (Å²) in [6, 6.07) is 5.49. The molecule has 18 heavy (non-hydrogen) atoms. The summed E-state index contributed by atoms with van der Waals surface area (Å²) in [6.07, 6.45) is 1.61. The summed E-state index contributed by atoms with van der Waals surface area (Å²) in [6.45, 7) is 1.80. The van der Waals surface area contributed by atoms with Crippen LogP contribution in [0.5, 0.6) is 0 Å². The van der Waals surface area contributed by atoms with Crippen LogP contribution in [-0.2, 0) is 4.79 Å². The van der Waals surface area contributed by atoms with Crippen molar-refractivity contribution in [3.05, 3.63) is 52.2 Å². The third kappa shape index (κ3) is 2.05. The molecule has 0 saturated carbocycles. The highest BCUT2D eigenvalue weighted by molar-refractivity contribution is 5.75. The molecule has 0 saturated heterocycles. The lowest BCUT2D eigenvalue weighted by Crippen LogP contribution is -2.21. The van der Waals surface area contributed by atoms with Crippen LogP contribution in [-0.4, -0.2) is 20.6 Å². The zero-order chi connectivity index (χ0) is 13.3. The first-order chi connectivity index (χ1) is 8.50. The molecule has 2 rings (SSSR count). The van der Waals surface area contributed by atoms with Crippen LogP contribution >= 0.6 is 0 Å². The SMILES string of the molecule is Cc1c[nH]c(=O)n1-c1ccc(C(N)C(=O)O)cc1. The first kappa shape index (κ1) is 12.1. The Hall–Kier alpha value is -2.34. The molecule has 1 aromatic heterocycles. The number of hydrogen-bond donors (Lipinski definition) is 3. The summed E-state index contributed by atoms with van der Waals surface area (Å²) in [7, 11) is 0. The number of H-pyrrole nitrogens is 1. The van der Waals surface area contributed by atoms with Gasteiger partial charge in [0.05, 0.1) is 5.69 Å². The van der Waals surface area contributed by atoms with Crippen molar-refractivity contribution in [2.75, 3.05) is 0 Å². The summed E-state index contributed by atoms with van der Waals surface area (Å²) < 4.78 is 1.50. The van der Waals surface area contributed by atoms with Gasteiger partial charge in [0.15, 0.2) is 0 Å². The van der Waals surface area contributed by atoms with E-state index in [1.165, 1.54) is 4.57 Å². The molecule has 1 aromatic carbocycles. The maximum absolute atomic E-state index is 11.6. The number of carboxylic acid groups (broad SMARTS) is 1. The number of aromatic amines is 1. The van der Waals surface area contributed by atoms with E-state index < -0.39 is 12.0 Å². The minimum absolute atomic E-state index is 0.234. The van der Waals surface area contributed by atoms with Gasteiger partial charge in [-0.25, -0.2) is 4.79 Å². The molecule has 4 N–H and O–H groups in total.